The Bertz CT molecular complexity index is 1010. The van der Waals surface area contributed by atoms with E-state index < -0.39 is 0 Å². The van der Waals surface area contributed by atoms with E-state index in [1.54, 1.807) is 12.1 Å². The third kappa shape index (κ3) is 7.33. The summed E-state index contributed by atoms with van der Waals surface area (Å²) < 4.78 is 17.7. The fourth-order valence-electron chi connectivity index (χ4n) is 3.99. The summed E-state index contributed by atoms with van der Waals surface area (Å²) in [6.45, 7) is 4.59. The van der Waals surface area contributed by atoms with E-state index in [0.29, 0.717) is 30.5 Å². The Kier molecular flexibility index (Phi) is 8.38. The van der Waals surface area contributed by atoms with Crippen LogP contribution in [-0.2, 0) is 17.8 Å². The van der Waals surface area contributed by atoms with Gasteiger partial charge in [0.25, 0.3) is 0 Å². The minimum Gasteiger partial charge on any atom is -0.353 e. The fraction of sp³-hybridized carbons (Fsp3) is 0.400. The minimum atomic E-state index is -0.258. The number of rotatable bonds is 10. The number of anilines is 1. The maximum absolute atomic E-state index is 13.2. The fourth-order valence-corrected chi connectivity index (χ4v) is 4.67. The molecular formula is C25H30FN5OS. The predicted octanol–water partition coefficient (Wildman–Crippen LogP) is 3.88. The number of nitrogens with zero attached hydrogens (tertiary/aromatic N) is 4. The number of carbonyl (C=O) groups excluding carboxylic acids is 1. The first-order valence-electron chi connectivity index (χ1n) is 11.5. The molecule has 3 aromatic rings. The average molecular weight is 468 g/mol. The van der Waals surface area contributed by atoms with Crippen LogP contribution >= 0.6 is 11.5 Å². The highest BCUT2D eigenvalue weighted by Gasteiger charge is 2.18. The molecule has 1 saturated heterocycles. The first kappa shape index (κ1) is 23.3. The van der Waals surface area contributed by atoms with Gasteiger partial charge >= 0.3 is 0 Å². The highest BCUT2D eigenvalue weighted by molar-refractivity contribution is 7.09. The van der Waals surface area contributed by atoms with E-state index in [1.807, 2.05) is 35.2 Å². The van der Waals surface area contributed by atoms with Crippen molar-refractivity contribution in [2.45, 2.75) is 32.2 Å². The molecule has 8 heteroatoms. The zero-order valence-electron chi connectivity index (χ0n) is 18.8. The quantitative estimate of drug-likeness (QED) is 0.490. The lowest BCUT2D eigenvalue weighted by molar-refractivity contribution is -0.119. The number of aromatic nitrogens is 2. The lowest BCUT2D eigenvalue weighted by Crippen LogP contribution is -2.41. The molecule has 2 heterocycles. The summed E-state index contributed by atoms with van der Waals surface area (Å²) in [5.41, 5.74) is 2.06. The molecule has 1 aliphatic rings. The number of carbonyl (C=O) groups is 1. The van der Waals surface area contributed by atoms with E-state index in [-0.39, 0.29) is 18.3 Å². The number of nitrogens with one attached hydrogen (secondary N) is 1. The monoisotopic (exact) mass is 467 g/mol. The Labute approximate surface area is 198 Å². The summed E-state index contributed by atoms with van der Waals surface area (Å²) in [7, 11) is 0. The molecule has 0 unspecified atom stereocenters. The molecule has 174 valence electrons. The second kappa shape index (κ2) is 11.9. The number of halogens is 1. The van der Waals surface area contributed by atoms with E-state index in [0.717, 1.165) is 30.8 Å². The SMILES string of the molecule is O=C(CN(Cc1ccccc1)c1nc(Cc2ccc(F)cc2)ns1)NCCN1CCCCC1. The van der Waals surface area contributed by atoms with Crippen LogP contribution in [0.1, 0.15) is 36.2 Å². The van der Waals surface area contributed by atoms with Gasteiger partial charge in [-0.05, 0) is 49.2 Å². The van der Waals surface area contributed by atoms with E-state index in [2.05, 4.69) is 19.6 Å². The second-order valence-electron chi connectivity index (χ2n) is 8.39. The molecule has 2 aromatic carbocycles. The molecule has 0 saturated carbocycles. The molecule has 1 aliphatic heterocycles. The van der Waals surface area contributed by atoms with E-state index in [9.17, 15) is 9.18 Å². The van der Waals surface area contributed by atoms with Crippen molar-refractivity contribution in [2.75, 3.05) is 37.6 Å². The molecule has 1 aromatic heterocycles. The molecule has 6 nitrogen and oxygen atoms in total. The van der Waals surface area contributed by atoms with Gasteiger partial charge in [0.15, 0.2) is 0 Å². The van der Waals surface area contributed by atoms with Crippen molar-refractivity contribution in [3.05, 3.63) is 77.4 Å². The van der Waals surface area contributed by atoms with Gasteiger partial charge in [-0.25, -0.2) is 9.37 Å². The molecule has 1 amide bonds. The molecule has 33 heavy (non-hydrogen) atoms. The summed E-state index contributed by atoms with van der Waals surface area (Å²) in [5, 5.41) is 3.78. The maximum atomic E-state index is 13.2. The van der Waals surface area contributed by atoms with Gasteiger partial charge in [-0.2, -0.15) is 4.37 Å². The van der Waals surface area contributed by atoms with Crippen LogP contribution in [0.25, 0.3) is 0 Å². The summed E-state index contributed by atoms with van der Waals surface area (Å²) in [5.74, 6) is 0.398. The summed E-state index contributed by atoms with van der Waals surface area (Å²) in [4.78, 5) is 21.8. The van der Waals surface area contributed by atoms with E-state index >= 15 is 0 Å². The Morgan fingerprint density at radius 2 is 1.79 bits per heavy atom. The van der Waals surface area contributed by atoms with Crippen molar-refractivity contribution in [1.29, 1.82) is 0 Å². The van der Waals surface area contributed by atoms with Crippen LogP contribution in [-0.4, -0.2) is 52.9 Å². The van der Waals surface area contributed by atoms with Crippen molar-refractivity contribution >= 4 is 22.6 Å². The zero-order chi connectivity index (χ0) is 22.9. The van der Waals surface area contributed by atoms with Gasteiger partial charge in [-0.1, -0.05) is 48.9 Å². The number of amides is 1. The third-order valence-electron chi connectivity index (χ3n) is 5.75. The van der Waals surface area contributed by atoms with Crippen LogP contribution in [0.2, 0.25) is 0 Å². The van der Waals surface area contributed by atoms with Crippen LogP contribution < -0.4 is 10.2 Å². The average Bonchev–Trinajstić information content (AvgIpc) is 3.30. The predicted molar refractivity (Wildman–Crippen MR) is 130 cm³/mol. The van der Waals surface area contributed by atoms with Crippen molar-refractivity contribution in [3.63, 3.8) is 0 Å². The lowest BCUT2D eigenvalue weighted by atomic mass is 10.1. The molecule has 0 radical (unpaired) electrons. The number of benzene rings is 2. The van der Waals surface area contributed by atoms with Gasteiger partial charge in [0.05, 0.1) is 6.54 Å². The molecule has 0 atom stereocenters. The maximum Gasteiger partial charge on any atom is 0.239 e. The number of hydrogen-bond donors (Lipinski definition) is 1. The van der Waals surface area contributed by atoms with E-state index in [1.165, 1.54) is 42.9 Å². The van der Waals surface area contributed by atoms with Crippen LogP contribution in [0.3, 0.4) is 0 Å². The van der Waals surface area contributed by atoms with Crippen LogP contribution in [0.5, 0.6) is 0 Å². The number of likely N-dealkylation sites (tertiary alicyclic amines) is 1. The Hall–Kier alpha value is -2.84. The van der Waals surface area contributed by atoms with Crippen LogP contribution in [0.4, 0.5) is 9.52 Å². The topological polar surface area (TPSA) is 61.4 Å². The Morgan fingerprint density at radius 3 is 2.55 bits per heavy atom. The smallest absolute Gasteiger partial charge is 0.239 e. The minimum absolute atomic E-state index is 0.0155. The van der Waals surface area contributed by atoms with Crippen molar-refractivity contribution in [3.8, 4) is 0 Å². The Morgan fingerprint density at radius 1 is 1.03 bits per heavy atom. The number of piperidine rings is 1. The summed E-state index contributed by atoms with van der Waals surface area (Å²) in [6.07, 6.45) is 4.33. The van der Waals surface area contributed by atoms with Gasteiger partial charge < -0.3 is 15.1 Å². The second-order valence-corrected chi connectivity index (χ2v) is 9.12. The molecule has 4 rings (SSSR count). The molecule has 0 aliphatic carbocycles. The summed E-state index contributed by atoms with van der Waals surface area (Å²) in [6, 6.07) is 16.4. The highest BCUT2D eigenvalue weighted by atomic mass is 32.1. The molecule has 1 fully saturated rings. The molecule has 1 N–H and O–H groups in total. The van der Waals surface area contributed by atoms with Gasteiger partial charge in [0, 0.05) is 37.6 Å². The van der Waals surface area contributed by atoms with Crippen molar-refractivity contribution < 1.29 is 9.18 Å². The Balaban J connectivity index is 1.38. The standard InChI is InChI=1S/C25H30FN5OS/c26-22-11-9-20(10-12-22)17-23-28-25(33-29-23)31(18-21-7-3-1-4-8-21)19-24(32)27-13-16-30-14-5-2-6-15-30/h1,3-4,7-12H,2,5-6,13-19H2,(H,27,32). The van der Waals surface area contributed by atoms with Crippen LogP contribution in [0, 0.1) is 5.82 Å². The largest absolute Gasteiger partial charge is 0.353 e. The van der Waals surface area contributed by atoms with E-state index in [4.69, 9.17) is 0 Å². The third-order valence-corrected chi connectivity index (χ3v) is 6.57. The molecule has 0 bridgehead atoms. The zero-order valence-corrected chi connectivity index (χ0v) is 19.6. The van der Waals surface area contributed by atoms with Crippen LogP contribution in [0.15, 0.2) is 54.6 Å². The molecular weight excluding hydrogens is 437 g/mol. The van der Waals surface area contributed by atoms with Gasteiger partial charge in [0.2, 0.25) is 11.0 Å². The first-order valence-corrected chi connectivity index (χ1v) is 12.3. The normalized spacial score (nSPS) is 14.2. The van der Waals surface area contributed by atoms with Gasteiger partial charge in [0.1, 0.15) is 11.6 Å². The lowest BCUT2D eigenvalue weighted by Gasteiger charge is -2.26. The number of hydrogen-bond acceptors (Lipinski definition) is 6. The molecule has 0 spiro atoms. The van der Waals surface area contributed by atoms with Crippen molar-refractivity contribution in [2.24, 2.45) is 0 Å². The first-order chi connectivity index (χ1) is 16.2. The van der Waals surface area contributed by atoms with Gasteiger partial charge in [-0.15, -0.1) is 0 Å². The van der Waals surface area contributed by atoms with Gasteiger partial charge in [-0.3, -0.25) is 4.79 Å². The van der Waals surface area contributed by atoms with Crippen molar-refractivity contribution in [1.82, 2.24) is 19.6 Å². The summed E-state index contributed by atoms with van der Waals surface area (Å²) >= 11 is 1.29. The highest BCUT2D eigenvalue weighted by Crippen LogP contribution is 2.21.